The highest BCUT2D eigenvalue weighted by molar-refractivity contribution is 5.91. The molecule has 0 spiro atoms. The molecular formula is C17H24N4O3. The summed E-state index contributed by atoms with van der Waals surface area (Å²) in [5.41, 5.74) is -0.503. The molecule has 0 unspecified atom stereocenters. The minimum atomic E-state index is -1.03. The maximum atomic E-state index is 12.4. The Hall–Kier alpha value is -2.15. The summed E-state index contributed by atoms with van der Waals surface area (Å²) in [5, 5.41) is 21.4. The first-order valence-corrected chi connectivity index (χ1v) is 8.36. The van der Waals surface area contributed by atoms with Crippen LogP contribution in [0.1, 0.15) is 67.6 Å². The molecule has 2 aromatic rings. The predicted molar refractivity (Wildman–Crippen MR) is 87.5 cm³/mol. The van der Waals surface area contributed by atoms with Gasteiger partial charge in [-0.2, -0.15) is 0 Å². The molecule has 1 amide bonds. The number of aromatic nitrogens is 3. The third-order valence-electron chi connectivity index (χ3n) is 4.49. The van der Waals surface area contributed by atoms with Gasteiger partial charge in [0.05, 0.1) is 18.3 Å². The highest BCUT2D eigenvalue weighted by Crippen LogP contribution is 2.29. The predicted octanol–water partition coefficient (Wildman–Crippen LogP) is 2.32. The van der Waals surface area contributed by atoms with E-state index in [0.29, 0.717) is 17.2 Å². The van der Waals surface area contributed by atoms with Gasteiger partial charge in [-0.3, -0.25) is 4.79 Å². The van der Waals surface area contributed by atoms with Crippen molar-refractivity contribution in [3.8, 4) is 0 Å². The fraction of sp³-hybridized carbons (Fsp3) is 0.588. The number of aryl methyl sites for hydroxylation is 1. The quantitative estimate of drug-likeness (QED) is 0.896. The van der Waals surface area contributed by atoms with Crippen LogP contribution >= 0.6 is 0 Å². The summed E-state index contributed by atoms with van der Waals surface area (Å²) in [4.78, 5) is 12.4. The zero-order chi connectivity index (χ0) is 17.3. The van der Waals surface area contributed by atoms with E-state index in [0.717, 1.165) is 25.7 Å². The van der Waals surface area contributed by atoms with Crippen LogP contribution in [0.4, 0.5) is 0 Å². The Balaban J connectivity index is 1.76. The second-order valence-corrected chi connectivity index (χ2v) is 6.98. The lowest BCUT2D eigenvalue weighted by Crippen LogP contribution is -2.43. The average molecular weight is 332 g/mol. The van der Waals surface area contributed by atoms with Crippen LogP contribution in [-0.2, 0) is 5.60 Å². The van der Waals surface area contributed by atoms with E-state index in [1.165, 1.54) is 0 Å². The number of carbonyl (C=O) groups is 1. The van der Waals surface area contributed by atoms with E-state index >= 15 is 0 Å². The van der Waals surface area contributed by atoms with E-state index in [1.54, 1.807) is 36.9 Å². The molecule has 1 fully saturated rings. The molecule has 0 aliphatic heterocycles. The zero-order valence-electron chi connectivity index (χ0n) is 14.3. The highest BCUT2D eigenvalue weighted by atomic mass is 16.3. The molecule has 1 saturated carbocycles. The smallest absolute Gasteiger partial charge is 0.287 e. The van der Waals surface area contributed by atoms with Gasteiger partial charge in [-0.1, -0.05) is 18.1 Å². The van der Waals surface area contributed by atoms with Gasteiger partial charge in [0.25, 0.3) is 5.91 Å². The summed E-state index contributed by atoms with van der Waals surface area (Å²) in [6.45, 7) is 5.18. The fourth-order valence-electron chi connectivity index (χ4n) is 3.11. The number of amides is 1. The Labute approximate surface area is 141 Å². The zero-order valence-corrected chi connectivity index (χ0v) is 14.3. The molecule has 130 valence electrons. The van der Waals surface area contributed by atoms with Gasteiger partial charge >= 0.3 is 0 Å². The van der Waals surface area contributed by atoms with Crippen LogP contribution in [0.25, 0.3) is 0 Å². The minimum Gasteiger partial charge on any atom is -0.456 e. The van der Waals surface area contributed by atoms with Crippen molar-refractivity contribution in [2.45, 2.75) is 64.1 Å². The largest absolute Gasteiger partial charge is 0.456 e. The van der Waals surface area contributed by atoms with Crippen LogP contribution in [-0.4, -0.2) is 32.0 Å². The van der Waals surface area contributed by atoms with Crippen LogP contribution in [0.2, 0.25) is 0 Å². The summed E-state index contributed by atoms with van der Waals surface area (Å²) in [5.74, 6) is 0.835. The number of carbonyl (C=O) groups excluding carboxylic acids is 1. The Kier molecular flexibility index (Phi) is 4.45. The molecule has 2 heterocycles. The third-order valence-corrected chi connectivity index (χ3v) is 4.49. The summed E-state index contributed by atoms with van der Waals surface area (Å²) in [7, 11) is 0. The van der Waals surface area contributed by atoms with Gasteiger partial charge in [-0.05, 0) is 45.7 Å². The lowest BCUT2D eigenvalue weighted by atomic mass is 9.90. The molecule has 3 rings (SSSR count). The second kappa shape index (κ2) is 6.39. The minimum absolute atomic E-state index is 0.0300. The van der Waals surface area contributed by atoms with Crippen molar-refractivity contribution < 1.29 is 14.3 Å². The van der Waals surface area contributed by atoms with Crippen LogP contribution in [0, 0.1) is 6.92 Å². The van der Waals surface area contributed by atoms with E-state index < -0.39 is 5.60 Å². The SMILES string of the molecule is Cc1ccc(C(=O)N[C@H]2CCCC[C@H]2n2cc(C(C)(C)O)nn2)o1. The molecule has 0 radical (unpaired) electrons. The van der Waals surface area contributed by atoms with Crippen molar-refractivity contribution in [2.24, 2.45) is 0 Å². The first-order valence-electron chi connectivity index (χ1n) is 8.36. The van der Waals surface area contributed by atoms with Crippen LogP contribution < -0.4 is 5.32 Å². The standard InChI is InChI=1S/C17H24N4O3/c1-11-8-9-14(24-11)16(22)18-12-6-4-5-7-13(12)21-10-15(19-20-21)17(2,3)23/h8-10,12-13,23H,4-7H2,1-3H3,(H,18,22)/t12-,13+/m0/s1. The molecule has 24 heavy (non-hydrogen) atoms. The molecular weight excluding hydrogens is 308 g/mol. The molecule has 7 nitrogen and oxygen atoms in total. The van der Waals surface area contributed by atoms with E-state index in [4.69, 9.17) is 4.42 Å². The lowest BCUT2D eigenvalue weighted by Gasteiger charge is -2.31. The van der Waals surface area contributed by atoms with Gasteiger partial charge < -0.3 is 14.8 Å². The normalized spacial score (nSPS) is 21.7. The first kappa shape index (κ1) is 16.7. The number of aliphatic hydroxyl groups is 1. The lowest BCUT2D eigenvalue weighted by molar-refractivity contribution is 0.0735. The summed E-state index contributed by atoms with van der Waals surface area (Å²) >= 11 is 0. The number of rotatable bonds is 4. The van der Waals surface area contributed by atoms with Gasteiger partial charge in [-0.25, -0.2) is 4.68 Å². The average Bonchev–Trinajstić information content (AvgIpc) is 3.16. The molecule has 2 atom stereocenters. The molecule has 1 aliphatic carbocycles. The third kappa shape index (κ3) is 3.51. The molecule has 0 bridgehead atoms. The number of furan rings is 1. The van der Waals surface area contributed by atoms with Crippen LogP contribution in [0.3, 0.4) is 0 Å². The monoisotopic (exact) mass is 332 g/mol. The topological polar surface area (TPSA) is 93.2 Å². The van der Waals surface area contributed by atoms with Crippen molar-refractivity contribution in [2.75, 3.05) is 0 Å². The maximum Gasteiger partial charge on any atom is 0.287 e. The van der Waals surface area contributed by atoms with Crippen molar-refractivity contribution in [1.82, 2.24) is 20.3 Å². The Morgan fingerprint density at radius 1 is 1.38 bits per heavy atom. The molecule has 1 aliphatic rings. The number of hydrogen-bond acceptors (Lipinski definition) is 5. The maximum absolute atomic E-state index is 12.4. The van der Waals surface area contributed by atoms with Gasteiger partial charge in [0.1, 0.15) is 17.1 Å². The van der Waals surface area contributed by atoms with Crippen LogP contribution in [0.15, 0.2) is 22.7 Å². The molecule has 2 aromatic heterocycles. The second-order valence-electron chi connectivity index (χ2n) is 6.98. The Morgan fingerprint density at radius 3 is 2.75 bits per heavy atom. The van der Waals surface area contributed by atoms with E-state index in [-0.39, 0.29) is 18.0 Å². The van der Waals surface area contributed by atoms with Gasteiger partial charge in [0.15, 0.2) is 5.76 Å². The van der Waals surface area contributed by atoms with Gasteiger partial charge in [-0.15, -0.1) is 5.10 Å². The van der Waals surface area contributed by atoms with Gasteiger partial charge in [0.2, 0.25) is 0 Å². The Morgan fingerprint density at radius 2 is 2.12 bits per heavy atom. The molecule has 2 N–H and O–H groups in total. The van der Waals surface area contributed by atoms with Crippen LogP contribution in [0.5, 0.6) is 0 Å². The van der Waals surface area contributed by atoms with E-state index in [9.17, 15) is 9.90 Å². The summed E-state index contributed by atoms with van der Waals surface area (Å²) in [6, 6.07) is 3.46. The molecule has 0 aromatic carbocycles. The summed E-state index contributed by atoms with van der Waals surface area (Å²) in [6.07, 6.45) is 5.71. The fourth-order valence-corrected chi connectivity index (χ4v) is 3.11. The van der Waals surface area contributed by atoms with Gasteiger partial charge in [0, 0.05) is 0 Å². The Bertz CT molecular complexity index is 713. The van der Waals surface area contributed by atoms with E-state index in [1.807, 2.05) is 6.92 Å². The first-order chi connectivity index (χ1) is 11.3. The number of hydrogen-bond donors (Lipinski definition) is 2. The molecule has 7 heteroatoms. The number of nitrogens with zero attached hydrogens (tertiary/aromatic N) is 3. The molecule has 0 saturated heterocycles. The highest BCUT2D eigenvalue weighted by Gasteiger charge is 2.31. The van der Waals surface area contributed by atoms with Crippen molar-refractivity contribution in [1.29, 1.82) is 0 Å². The summed E-state index contributed by atoms with van der Waals surface area (Å²) < 4.78 is 7.17. The van der Waals surface area contributed by atoms with Crippen molar-refractivity contribution in [3.63, 3.8) is 0 Å². The van der Waals surface area contributed by atoms with E-state index in [2.05, 4.69) is 15.6 Å². The van der Waals surface area contributed by atoms with Crippen molar-refractivity contribution >= 4 is 5.91 Å². The number of nitrogens with one attached hydrogen (secondary N) is 1. The van der Waals surface area contributed by atoms with Crippen molar-refractivity contribution in [3.05, 3.63) is 35.5 Å².